The summed E-state index contributed by atoms with van der Waals surface area (Å²) in [7, 11) is 1.44. The molecule has 3 nitrogen and oxygen atoms in total. The van der Waals surface area contributed by atoms with E-state index < -0.39 is 0 Å². The van der Waals surface area contributed by atoms with Crippen molar-refractivity contribution in [1.29, 1.82) is 0 Å². The molecular weight excluding hydrogens is 82.0 g/mol. The number of hydrogen-bond donors (Lipinski definition) is 1. The van der Waals surface area contributed by atoms with E-state index in [9.17, 15) is 5.11 Å². The van der Waals surface area contributed by atoms with Crippen LogP contribution in [0.25, 0.3) is 0 Å². The minimum atomic E-state index is -0.243. The van der Waals surface area contributed by atoms with Gasteiger partial charge in [-0.05, 0) is 0 Å². The fraction of sp³-hybridized carbons (Fsp3) is 1.00. The van der Waals surface area contributed by atoms with Gasteiger partial charge in [-0.15, -0.1) is 0 Å². The zero-order chi connectivity index (χ0) is 4.99. The van der Waals surface area contributed by atoms with E-state index in [2.05, 4.69) is 0 Å². The van der Waals surface area contributed by atoms with E-state index in [1.807, 2.05) is 0 Å². The zero-order valence-electron chi connectivity index (χ0n) is 3.72. The van der Waals surface area contributed by atoms with Gasteiger partial charge < -0.3 is 5.21 Å². The van der Waals surface area contributed by atoms with Crippen molar-refractivity contribution in [2.24, 2.45) is 0 Å². The second-order valence-corrected chi connectivity index (χ2v) is 1.09. The Balaban J connectivity index is 2.63. The Morgan fingerprint density at radius 1 is 1.83 bits per heavy atom. The smallest absolute Gasteiger partial charge is 0.0972 e. The number of likely N-dealkylation sites (N-methyl/N-ethyl adjacent to an activating group) is 1. The molecule has 0 aromatic heterocycles. The van der Waals surface area contributed by atoms with E-state index in [0.29, 0.717) is 0 Å². The molecule has 37 valence electrons. The summed E-state index contributed by atoms with van der Waals surface area (Å²) in [5.41, 5.74) is 0. The summed E-state index contributed by atoms with van der Waals surface area (Å²) in [6.45, 7) is -0.0347. The molecule has 0 bridgehead atoms. The third-order valence-electron chi connectivity index (χ3n) is 0.415. The van der Waals surface area contributed by atoms with Crippen LogP contribution in [-0.2, 0) is 5.11 Å². The zero-order valence-corrected chi connectivity index (χ0v) is 3.72. The highest BCUT2D eigenvalue weighted by atomic mass is 16.5. The first-order valence-corrected chi connectivity index (χ1v) is 1.75. The predicted octanol–water partition coefficient (Wildman–Crippen LogP) is -0.262. The molecule has 0 aromatic carbocycles. The molecule has 0 aliphatic carbocycles. The van der Waals surface area contributed by atoms with Crippen LogP contribution in [0.3, 0.4) is 0 Å². The Morgan fingerprint density at radius 3 is 2.33 bits per heavy atom. The quantitative estimate of drug-likeness (QED) is 0.474. The molecule has 0 rings (SSSR count). The van der Waals surface area contributed by atoms with Crippen molar-refractivity contribution in [3.8, 4) is 0 Å². The molecular formula is C3H8NO2. The lowest BCUT2D eigenvalue weighted by Gasteiger charge is -2.00. The van der Waals surface area contributed by atoms with Crippen LogP contribution < -0.4 is 0 Å². The average molecular weight is 90.1 g/mol. The fourth-order valence-corrected chi connectivity index (χ4v) is 0.132. The molecule has 0 heterocycles. The second-order valence-electron chi connectivity index (χ2n) is 1.09. The maximum Gasteiger partial charge on any atom is 0.0972 e. The summed E-state index contributed by atoms with van der Waals surface area (Å²) in [6.07, 6.45) is 0. The molecule has 1 radical (unpaired) electrons. The average Bonchev–Trinajstić information content (AvgIpc) is 1.35. The maximum absolute atomic E-state index is 9.54. The molecule has 0 fully saturated rings. The first kappa shape index (κ1) is 5.88. The minimum absolute atomic E-state index is 0.208. The lowest BCUT2D eigenvalue weighted by molar-refractivity contribution is -0.0789. The van der Waals surface area contributed by atoms with Gasteiger partial charge in [0.1, 0.15) is 0 Å². The summed E-state index contributed by atoms with van der Waals surface area (Å²) in [5.74, 6) is 0. The normalized spacial score (nSPS) is 10.0. The molecule has 0 atom stereocenters. The van der Waals surface area contributed by atoms with Crippen molar-refractivity contribution < 1.29 is 10.3 Å². The molecule has 1 N–H and O–H groups in total. The molecule has 0 aliphatic rings. The number of hydroxylamine groups is 2. The summed E-state index contributed by atoms with van der Waals surface area (Å²) < 4.78 is 0. The lowest BCUT2D eigenvalue weighted by Crippen LogP contribution is -2.15. The van der Waals surface area contributed by atoms with Crippen LogP contribution >= 0.6 is 0 Å². The number of rotatable bonds is 2. The van der Waals surface area contributed by atoms with Crippen molar-refractivity contribution in [3.63, 3.8) is 0 Å². The van der Waals surface area contributed by atoms with E-state index in [1.54, 1.807) is 0 Å². The van der Waals surface area contributed by atoms with Crippen molar-refractivity contribution in [3.05, 3.63) is 0 Å². The predicted molar refractivity (Wildman–Crippen MR) is 20.0 cm³/mol. The topological polar surface area (TPSA) is 43.4 Å². The van der Waals surface area contributed by atoms with Gasteiger partial charge in [-0.1, -0.05) is 0 Å². The van der Waals surface area contributed by atoms with E-state index >= 15 is 0 Å². The third kappa shape index (κ3) is 3.88. The minimum Gasteiger partial charge on any atom is -0.314 e. The van der Waals surface area contributed by atoms with Gasteiger partial charge in [0.25, 0.3) is 0 Å². The summed E-state index contributed by atoms with van der Waals surface area (Å²) >= 11 is 0. The molecule has 0 aromatic rings. The lowest BCUT2D eigenvalue weighted by atomic mass is 10.7. The highest BCUT2D eigenvalue weighted by molar-refractivity contribution is 4.26. The molecule has 0 unspecified atom stereocenters. The summed E-state index contributed by atoms with van der Waals surface area (Å²) in [4.78, 5) is 0. The van der Waals surface area contributed by atoms with E-state index in [-0.39, 0.29) is 13.2 Å². The van der Waals surface area contributed by atoms with Crippen LogP contribution in [-0.4, -0.2) is 30.5 Å². The van der Waals surface area contributed by atoms with Gasteiger partial charge in [0, 0.05) is 7.05 Å². The molecule has 0 saturated carbocycles. The molecule has 0 saturated heterocycles. The Hall–Kier alpha value is -0.120. The Morgan fingerprint density at radius 2 is 2.33 bits per heavy atom. The van der Waals surface area contributed by atoms with Gasteiger partial charge in [0.05, 0.1) is 13.2 Å². The van der Waals surface area contributed by atoms with Crippen molar-refractivity contribution in [1.82, 2.24) is 5.06 Å². The molecule has 6 heavy (non-hydrogen) atoms. The van der Waals surface area contributed by atoms with Gasteiger partial charge in [-0.25, -0.2) is 5.11 Å². The Bertz CT molecular complexity index is 30.0. The van der Waals surface area contributed by atoms with Gasteiger partial charge >= 0.3 is 0 Å². The van der Waals surface area contributed by atoms with Crippen molar-refractivity contribution in [2.75, 3.05) is 20.2 Å². The monoisotopic (exact) mass is 90.1 g/mol. The largest absolute Gasteiger partial charge is 0.314 e. The molecule has 0 aliphatic heterocycles. The third-order valence-corrected chi connectivity index (χ3v) is 0.415. The first-order chi connectivity index (χ1) is 2.77. The van der Waals surface area contributed by atoms with E-state index in [0.717, 1.165) is 5.06 Å². The highest BCUT2D eigenvalue weighted by Crippen LogP contribution is 1.66. The van der Waals surface area contributed by atoms with Gasteiger partial charge in [0.2, 0.25) is 0 Å². The fourth-order valence-electron chi connectivity index (χ4n) is 0.132. The van der Waals surface area contributed by atoms with Crippen LogP contribution in [0, 0.1) is 0 Å². The van der Waals surface area contributed by atoms with Crippen LogP contribution in [0.1, 0.15) is 0 Å². The van der Waals surface area contributed by atoms with Gasteiger partial charge in [-0.3, -0.25) is 0 Å². The van der Waals surface area contributed by atoms with Crippen LogP contribution in [0.2, 0.25) is 0 Å². The molecule has 0 amide bonds. The Labute approximate surface area is 36.8 Å². The van der Waals surface area contributed by atoms with Crippen LogP contribution in [0.5, 0.6) is 0 Å². The van der Waals surface area contributed by atoms with Gasteiger partial charge in [0.15, 0.2) is 0 Å². The Kier molecular flexibility index (Phi) is 3.02. The van der Waals surface area contributed by atoms with Gasteiger partial charge in [-0.2, -0.15) is 5.06 Å². The molecule has 0 spiro atoms. The standard InChI is InChI=1S/C3H8NO2/c1-4(6)2-3-5/h6H,2-3H2,1H3. The SMILES string of the molecule is CN(O)CC[O]. The maximum atomic E-state index is 9.54. The van der Waals surface area contributed by atoms with Crippen LogP contribution in [0.4, 0.5) is 0 Å². The van der Waals surface area contributed by atoms with Crippen LogP contribution in [0.15, 0.2) is 0 Å². The van der Waals surface area contributed by atoms with Crippen molar-refractivity contribution >= 4 is 0 Å². The second kappa shape index (κ2) is 3.08. The number of hydrogen-bond acceptors (Lipinski definition) is 2. The van der Waals surface area contributed by atoms with E-state index in [1.165, 1.54) is 7.05 Å². The summed E-state index contributed by atoms with van der Waals surface area (Å²) in [5, 5.41) is 18.6. The number of nitrogens with zero attached hydrogens (tertiary/aromatic N) is 1. The van der Waals surface area contributed by atoms with Crippen molar-refractivity contribution in [2.45, 2.75) is 0 Å². The highest BCUT2D eigenvalue weighted by Gasteiger charge is 1.84. The molecule has 3 heteroatoms. The summed E-state index contributed by atoms with van der Waals surface area (Å²) in [6, 6.07) is 0. The van der Waals surface area contributed by atoms with E-state index in [4.69, 9.17) is 5.21 Å². The first-order valence-electron chi connectivity index (χ1n) is 1.75.